The minimum absolute atomic E-state index is 0.154. The summed E-state index contributed by atoms with van der Waals surface area (Å²) in [5.41, 5.74) is 7.25. The summed E-state index contributed by atoms with van der Waals surface area (Å²) in [5, 5.41) is 0. The van der Waals surface area contributed by atoms with Crippen molar-refractivity contribution in [3.8, 4) is 0 Å². The lowest BCUT2D eigenvalue weighted by Gasteiger charge is -2.25. The molecule has 0 radical (unpaired) electrons. The van der Waals surface area contributed by atoms with Gasteiger partial charge in [-0.25, -0.2) is 4.79 Å². The third-order valence-corrected chi connectivity index (χ3v) is 3.56. The number of hydrogen-bond donors (Lipinski definition) is 1. The molecule has 2 amide bonds. The van der Waals surface area contributed by atoms with E-state index in [1.165, 1.54) is 11.9 Å². The van der Waals surface area contributed by atoms with Gasteiger partial charge in [-0.1, -0.05) is 60.7 Å². The van der Waals surface area contributed by atoms with Crippen molar-refractivity contribution in [2.45, 2.75) is 19.1 Å². The molecule has 5 nitrogen and oxygen atoms in total. The van der Waals surface area contributed by atoms with Crippen molar-refractivity contribution in [2.75, 3.05) is 7.05 Å². The third kappa shape index (κ3) is 4.85. The van der Waals surface area contributed by atoms with Gasteiger partial charge in [-0.15, -0.1) is 0 Å². The van der Waals surface area contributed by atoms with Crippen LogP contribution < -0.4 is 5.73 Å². The summed E-state index contributed by atoms with van der Waals surface area (Å²) < 4.78 is 5.24. The molecule has 0 spiro atoms. The first-order valence-corrected chi connectivity index (χ1v) is 7.34. The van der Waals surface area contributed by atoms with Gasteiger partial charge in [0.15, 0.2) is 0 Å². The summed E-state index contributed by atoms with van der Waals surface area (Å²) in [7, 11) is 1.52. The van der Waals surface area contributed by atoms with E-state index in [1.54, 1.807) is 0 Å². The monoisotopic (exact) mass is 312 g/mol. The molecule has 1 unspecified atom stereocenters. The second-order valence-corrected chi connectivity index (χ2v) is 5.26. The highest BCUT2D eigenvalue weighted by Gasteiger charge is 2.26. The van der Waals surface area contributed by atoms with Gasteiger partial charge in [-0.2, -0.15) is 0 Å². The van der Waals surface area contributed by atoms with Crippen LogP contribution in [0.5, 0.6) is 0 Å². The Morgan fingerprint density at radius 1 is 1.00 bits per heavy atom. The van der Waals surface area contributed by atoms with Crippen LogP contribution in [0.3, 0.4) is 0 Å². The van der Waals surface area contributed by atoms with E-state index in [0.29, 0.717) is 6.42 Å². The highest BCUT2D eigenvalue weighted by molar-refractivity contribution is 5.84. The molecule has 120 valence electrons. The second-order valence-electron chi connectivity index (χ2n) is 5.26. The number of amides is 2. The Balaban J connectivity index is 1.98. The maximum atomic E-state index is 12.1. The topological polar surface area (TPSA) is 72.6 Å². The third-order valence-electron chi connectivity index (χ3n) is 3.56. The Morgan fingerprint density at radius 2 is 1.52 bits per heavy atom. The van der Waals surface area contributed by atoms with E-state index in [2.05, 4.69) is 0 Å². The van der Waals surface area contributed by atoms with Gasteiger partial charge < -0.3 is 10.5 Å². The molecular weight excluding hydrogens is 292 g/mol. The molecule has 2 aromatic rings. The van der Waals surface area contributed by atoms with Crippen molar-refractivity contribution < 1.29 is 14.3 Å². The Labute approximate surface area is 135 Å². The van der Waals surface area contributed by atoms with Crippen molar-refractivity contribution in [3.05, 3.63) is 71.8 Å². The quantitative estimate of drug-likeness (QED) is 0.890. The van der Waals surface area contributed by atoms with E-state index in [4.69, 9.17) is 10.5 Å². The van der Waals surface area contributed by atoms with E-state index >= 15 is 0 Å². The van der Waals surface area contributed by atoms with Crippen LogP contribution in [-0.2, 0) is 22.6 Å². The molecule has 0 heterocycles. The summed E-state index contributed by atoms with van der Waals surface area (Å²) >= 11 is 0. The van der Waals surface area contributed by atoms with Crippen LogP contribution in [0.1, 0.15) is 11.1 Å². The number of nitrogens with zero attached hydrogens (tertiary/aromatic N) is 1. The molecule has 5 heteroatoms. The largest absolute Gasteiger partial charge is 0.445 e. The Bertz CT molecular complexity index is 644. The first-order chi connectivity index (χ1) is 11.1. The molecule has 0 fully saturated rings. The van der Waals surface area contributed by atoms with E-state index in [1.807, 2.05) is 60.7 Å². The number of carbonyl (C=O) groups excluding carboxylic acids is 2. The van der Waals surface area contributed by atoms with Crippen LogP contribution in [0.4, 0.5) is 4.79 Å². The van der Waals surface area contributed by atoms with Crippen LogP contribution in [0.2, 0.25) is 0 Å². The number of benzene rings is 2. The number of primary amides is 1. The summed E-state index contributed by atoms with van der Waals surface area (Å²) in [6.45, 7) is 0.154. The number of ether oxygens (including phenoxy) is 1. The van der Waals surface area contributed by atoms with Crippen LogP contribution >= 0.6 is 0 Å². The molecule has 2 rings (SSSR count). The van der Waals surface area contributed by atoms with E-state index in [9.17, 15) is 9.59 Å². The molecule has 0 aliphatic heterocycles. The summed E-state index contributed by atoms with van der Waals surface area (Å²) in [6, 6.07) is 18.0. The normalized spacial score (nSPS) is 11.5. The van der Waals surface area contributed by atoms with Gasteiger partial charge >= 0.3 is 6.09 Å². The second kappa shape index (κ2) is 7.98. The fourth-order valence-corrected chi connectivity index (χ4v) is 2.21. The predicted octanol–water partition coefficient (Wildman–Crippen LogP) is 2.35. The maximum Gasteiger partial charge on any atom is 0.410 e. The van der Waals surface area contributed by atoms with Crippen LogP contribution in [0.15, 0.2) is 60.7 Å². The molecular formula is C18H20N2O3. The Hall–Kier alpha value is -2.82. The maximum absolute atomic E-state index is 12.1. The fourth-order valence-electron chi connectivity index (χ4n) is 2.21. The number of likely N-dealkylation sites (N-methyl/N-ethyl adjacent to an activating group) is 1. The molecule has 0 saturated heterocycles. The van der Waals surface area contributed by atoms with Crippen LogP contribution in [0, 0.1) is 0 Å². The van der Waals surface area contributed by atoms with Gasteiger partial charge in [0.2, 0.25) is 5.91 Å². The van der Waals surface area contributed by atoms with Crippen molar-refractivity contribution in [1.29, 1.82) is 0 Å². The molecule has 0 saturated carbocycles. The fraction of sp³-hybridized carbons (Fsp3) is 0.222. The summed E-state index contributed by atoms with van der Waals surface area (Å²) in [5.74, 6) is -0.562. The lowest BCUT2D eigenvalue weighted by molar-refractivity contribution is -0.122. The lowest BCUT2D eigenvalue weighted by Crippen LogP contribution is -2.47. The van der Waals surface area contributed by atoms with Crippen molar-refractivity contribution in [1.82, 2.24) is 4.90 Å². The molecule has 0 bridgehead atoms. The minimum Gasteiger partial charge on any atom is -0.445 e. The summed E-state index contributed by atoms with van der Waals surface area (Å²) in [6.07, 6.45) is -0.221. The minimum atomic E-state index is -0.749. The molecule has 0 aliphatic rings. The van der Waals surface area contributed by atoms with Gasteiger partial charge in [0, 0.05) is 13.5 Å². The van der Waals surface area contributed by atoms with Crippen molar-refractivity contribution >= 4 is 12.0 Å². The van der Waals surface area contributed by atoms with Crippen molar-refractivity contribution in [2.24, 2.45) is 5.73 Å². The first kappa shape index (κ1) is 16.5. The van der Waals surface area contributed by atoms with Gasteiger partial charge in [-0.05, 0) is 11.1 Å². The van der Waals surface area contributed by atoms with Gasteiger partial charge in [0.1, 0.15) is 12.6 Å². The van der Waals surface area contributed by atoms with E-state index < -0.39 is 18.0 Å². The predicted molar refractivity (Wildman–Crippen MR) is 87.5 cm³/mol. The molecule has 2 aromatic carbocycles. The zero-order valence-corrected chi connectivity index (χ0v) is 13.0. The standard InChI is InChI=1S/C18H20N2O3/c1-20(18(22)23-13-15-10-6-3-7-11-15)16(17(19)21)12-14-8-4-2-5-9-14/h2-11,16H,12-13H2,1H3,(H2,19,21). The first-order valence-electron chi connectivity index (χ1n) is 7.34. The Morgan fingerprint density at radius 3 is 2.04 bits per heavy atom. The van der Waals surface area contributed by atoms with Crippen LogP contribution in [0.25, 0.3) is 0 Å². The van der Waals surface area contributed by atoms with Gasteiger partial charge in [-0.3, -0.25) is 9.69 Å². The van der Waals surface area contributed by atoms with E-state index in [-0.39, 0.29) is 6.61 Å². The molecule has 23 heavy (non-hydrogen) atoms. The lowest BCUT2D eigenvalue weighted by atomic mass is 10.0. The highest BCUT2D eigenvalue weighted by Crippen LogP contribution is 2.10. The molecule has 2 N–H and O–H groups in total. The number of rotatable bonds is 6. The average molecular weight is 312 g/mol. The van der Waals surface area contributed by atoms with Gasteiger partial charge in [0.05, 0.1) is 0 Å². The van der Waals surface area contributed by atoms with Gasteiger partial charge in [0.25, 0.3) is 0 Å². The molecule has 1 atom stereocenters. The smallest absolute Gasteiger partial charge is 0.410 e. The highest BCUT2D eigenvalue weighted by atomic mass is 16.6. The number of carbonyl (C=O) groups is 2. The van der Waals surface area contributed by atoms with E-state index in [0.717, 1.165) is 11.1 Å². The zero-order chi connectivity index (χ0) is 16.7. The molecule has 0 aromatic heterocycles. The van der Waals surface area contributed by atoms with Crippen LogP contribution in [-0.4, -0.2) is 30.0 Å². The molecule has 0 aliphatic carbocycles. The SMILES string of the molecule is CN(C(=O)OCc1ccccc1)C(Cc1ccccc1)C(N)=O. The number of nitrogens with two attached hydrogens (primary N) is 1. The zero-order valence-electron chi connectivity index (χ0n) is 13.0. The average Bonchev–Trinajstić information content (AvgIpc) is 2.58. The Kier molecular flexibility index (Phi) is 5.74. The summed E-state index contributed by atoms with van der Waals surface area (Å²) in [4.78, 5) is 25.1. The number of hydrogen-bond acceptors (Lipinski definition) is 3. The van der Waals surface area contributed by atoms with Crippen molar-refractivity contribution in [3.63, 3.8) is 0 Å².